The van der Waals surface area contributed by atoms with E-state index in [9.17, 15) is 46.5 Å². The molecule has 0 bridgehead atoms. The molecule has 0 saturated heterocycles. The Balaban J connectivity index is 0.000000174. The van der Waals surface area contributed by atoms with Gasteiger partial charge < -0.3 is 23.7 Å². The molecule has 0 N–H and O–H groups in total. The molecule has 0 atom stereocenters. The highest BCUT2D eigenvalue weighted by atomic mass is 79.9. The largest absolute Gasteiger partial charge is 0.494 e. The molecule has 15 aromatic rings. The fourth-order valence-corrected chi connectivity index (χ4v) is 22.8. The summed E-state index contributed by atoms with van der Waals surface area (Å²) in [6, 6.07) is 52.2. The van der Waals surface area contributed by atoms with Crippen molar-refractivity contribution in [2.75, 3.05) is 35.5 Å². The van der Waals surface area contributed by atoms with E-state index in [-0.39, 0.29) is 82.4 Å². The van der Waals surface area contributed by atoms with Gasteiger partial charge in [0.25, 0.3) is 0 Å². The highest BCUT2D eigenvalue weighted by molar-refractivity contribution is 9.10. The fourth-order valence-electron chi connectivity index (χ4n) is 15.7. The highest BCUT2D eigenvalue weighted by Gasteiger charge is 2.35. The minimum Gasteiger partial charge on any atom is -0.494 e. The number of halogens is 3. The average molecular weight is 2170 g/mol. The number of sulfone groups is 5. The summed E-state index contributed by atoms with van der Waals surface area (Å²) in [5, 5.41) is 40.5. The van der Waals surface area contributed by atoms with Gasteiger partial charge in [0.2, 0.25) is 74.3 Å². The predicted molar refractivity (Wildman–Crippen MR) is 567 cm³/mol. The number of nitrogens with zero attached hydrogens (tertiary/aromatic N) is 15. The van der Waals surface area contributed by atoms with E-state index < -0.39 is 55.0 Å². The minimum absolute atomic E-state index is 0.0507. The molecule has 0 aliphatic rings. The first-order chi connectivity index (χ1) is 67.9. The van der Waals surface area contributed by atoms with Crippen molar-refractivity contribution in [1.82, 2.24) is 75.0 Å². The molecule has 5 heterocycles. The van der Waals surface area contributed by atoms with E-state index in [4.69, 9.17) is 35.3 Å². The first kappa shape index (κ1) is 114. The molecule has 146 heavy (non-hydrogen) atoms. The van der Waals surface area contributed by atoms with E-state index in [2.05, 4.69) is 178 Å². The molecular weight excluding hydrogens is 2040 g/mol. The third kappa shape index (κ3) is 24.1. The summed E-state index contributed by atoms with van der Waals surface area (Å²) in [6.07, 6.45) is 0.878. The van der Waals surface area contributed by atoms with Gasteiger partial charge in [-0.1, -0.05) is 225 Å². The summed E-state index contributed by atoms with van der Waals surface area (Å²) in [5.74, 6) is 2.10. The van der Waals surface area contributed by atoms with Gasteiger partial charge in [-0.3, -0.25) is 0 Å². The number of methoxy groups -OCH3 is 5. The molecule has 0 fully saturated rings. The summed E-state index contributed by atoms with van der Waals surface area (Å²) >= 11 is 9.65. The Morgan fingerprint density at radius 1 is 0.281 bits per heavy atom. The Hall–Kier alpha value is -12.7. The van der Waals surface area contributed by atoms with Gasteiger partial charge in [0.15, 0.2) is 0 Å². The van der Waals surface area contributed by atoms with Gasteiger partial charge >= 0.3 is 0 Å². The zero-order chi connectivity index (χ0) is 109. The second-order valence-electron chi connectivity index (χ2n) is 40.6. The molecule has 5 aromatic heterocycles. The van der Waals surface area contributed by atoms with Crippen molar-refractivity contribution in [3.05, 3.63) is 293 Å². The van der Waals surface area contributed by atoms with Gasteiger partial charge in [0.05, 0.1) is 88.5 Å². The number of aryl methyl sites for hydroxylation is 7. The van der Waals surface area contributed by atoms with Crippen LogP contribution in [0.25, 0.3) is 28.4 Å². The van der Waals surface area contributed by atoms with Crippen molar-refractivity contribution in [1.29, 1.82) is 0 Å². The Labute approximate surface area is 870 Å². The fraction of sp³-hybridized carbons (Fsp3) is 0.352. The lowest BCUT2D eigenvalue weighted by Gasteiger charge is -2.19. The molecule has 10 aromatic carbocycles. The lowest BCUT2D eigenvalue weighted by Crippen LogP contribution is -2.12. The van der Waals surface area contributed by atoms with E-state index in [1.807, 2.05) is 120 Å². The van der Waals surface area contributed by atoms with Gasteiger partial charge in [-0.05, 0) is 286 Å². The van der Waals surface area contributed by atoms with Crippen LogP contribution in [0.3, 0.4) is 0 Å². The first-order valence-electron chi connectivity index (χ1n) is 46.6. The number of hydrogen-bond donors (Lipinski definition) is 0. The van der Waals surface area contributed by atoms with Gasteiger partial charge in [-0.15, -0.1) is 25.5 Å². The van der Waals surface area contributed by atoms with Gasteiger partial charge in [0, 0.05) is 21.6 Å². The number of rotatable bonds is 21. The zero-order valence-corrected chi connectivity index (χ0v) is 95.0. The molecule has 38 heteroatoms. The number of aromatic nitrogens is 15. The van der Waals surface area contributed by atoms with Crippen molar-refractivity contribution < 1.29 is 70.2 Å². The van der Waals surface area contributed by atoms with E-state index in [1.54, 1.807) is 154 Å². The smallest absolute Gasteiger partial charge is 0.227 e. The molecule has 15 rings (SSSR count). The molecule has 0 amide bonds. The lowest BCUT2D eigenvalue weighted by molar-refractivity contribution is 0.407. The van der Waals surface area contributed by atoms with Crippen LogP contribution in [0.1, 0.15) is 206 Å². The van der Waals surface area contributed by atoms with Crippen LogP contribution in [0.4, 0.5) is 4.39 Å². The van der Waals surface area contributed by atoms with Crippen LogP contribution in [0, 0.1) is 82.0 Å². The van der Waals surface area contributed by atoms with Crippen LogP contribution < -0.4 is 23.7 Å². The lowest BCUT2D eigenvalue weighted by atomic mass is 9.87. The minimum atomic E-state index is -3.87. The normalized spacial score (nSPS) is 12.2. The zero-order valence-electron chi connectivity index (χ0n) is 88.5. The number of hydrogen-bond acceptors (Lipinski definition) is 25. The van der Waals surface area contributed by atoms with Crippen molar-refractivity contribution in [2.24, 2.45) is 0 Å². The number of benzene rings is 10. The molecule has 0 radical (unpaired) electrons. The predicted octanol–water partition coefficient (Wildman–Crippen LogP) is 22.5. The SMILES string of the molecule is CCc1cc(OC)c(-n2nnc(S(=O)(=O)c3ccc(C(C)(C)C)cc3)c2C)cc1C.COc1cc(Br)c(C)cc1-n1nnc(S(=O)(=O)c2ccc(C(C)(C)C)cc2)c1C.COc1cc(C)c(C)cc1-n1nnc(S(=O)(=O)c2ccc(C(C)(C)C)cc2)c1C.COc1cc(Cl)c(C)cc1-n1nnc(S(=O)(=O)c2ccc(C(C)(C)C)cc2)c1C.COc1cc(F)c(C)cc1-n1nnc(S(=O)(=O)c2ccc(C(C)(C)C)cc2)c1C. The van der Waals surface area contributed by atoms with E-state index in [1.165, 1.54) is 49.3 Å². The number of ether oxygens (including phenoxy) is 5. The summed E-state index contributed by atoms with van der Waals surface area (Å²) < 4.78 is 181. The molecule has 0 spiro atoms. The molecule has 0 aliphatic carbocycles. The summed E-state index contributed by atoms with van der Waals surface area (Å²) in [7, 11) is -11.4. The Bertz CT molecular complexity index is 7250. The van der Waals surface area contributed by atoms with E-state index in [0.717, 1.165) is 66.5 Å². The van der Waals surface area contributed by atoms with Gasteiger partial charge in [-0.2, -0.15) is 0 Å². The summed E-state index contributed by atoms with van der Waals surface area (Å²) in [5.41, 5.74) is 16.5. The van der Waals surface area contributed by atoms with Gasteiger partial charge in [-0.25, -0.2) is 69.9 Å². The van der Waals surface area contributed by atoms with Crippen LogP contribution in [0.5, 0.6) is 28.7 Å². The highest BCUT2D eigenvalue weighted by Crippen LogP contribution is 2.41. The topological polar surface area (TPSA) is 370 Å². The Kier molecular flexibility index (Phi) is 34.1. The molecule has 30 nitrogen and oxygen atoms in total. The second kappa shape index (κ2) is 43.8. The standard InChI is InChI=1S/C23H29N3O3S.C22H27N3O3S.C21H24BrN3O3S.C21H24ClN3O3S.C21H24FN3O3S/c1-8-17-14-21(29-7)20(13-15(17)2)26-16(3)22(24-25-26)30(27,28)19-11-9-18(10-12-19)23(4,5)6;1-14-12-19(20(28-7)13-15(14)2)25-16(3)21(23-24-25)29(26,27)18-10-8-17(9-11-18)22(4,5)6;3*1-13-11-18(19(28-6)12-17(13)22)25-14(2)20(23-24-25)29(26,27)16-9-7-15(8-10-16)21(3,4)5/h9-14H,8H2,1-7H3;8-13H,1-7H3;3*7-12H,1-6H3. The van der Waals surface area contributed by atoms with Crippen LogP contribution in [-0.2, 0) is 82.7 Å². The summed E-state index contributed by atoms with van der Waals surface area (Å²) in [6.45, 7) is 53.0. The Morgan fingerprint density at radius 2 is 0.486 bits per heavy atom. The first-order valence-corrected chi connectivity index (χ1v) is 55.2. The van der Waals surface area contributed by atoms with Crippen LogP contribution in [0.2, 0.25) is 5.02 Å². The monoisotopic (exact) mass is 2170 g/mol. The van der Waals surface area contributed by atoms with E-state index >= 15 is 0 Å². The summed E-state index contributed by atoms with van der Waals surface area (Å²) in [4.78, 5) is 0.922. The molecule has 776 valence electrons. The van der Waals surface area contributed by atoms with Gasteiger partial charge in [0.1, 0.15) is 63.0 Å². The maximum absolute atomic E-state index is 13.9. The quantitative estimate of drug-likeness (QED) is 0.0645. The maximum atomic E-state index is 13.9. The average Bonchev–Trinajstić information content (AvgIpc) is 1.40. The van der Waals surface area contributed by atoms with Crippen molar-refractivity contribution in [3.63, 3.8) is 0 Å². The molecule has 0 unspecified atom stereocenters. The van der Waals surface area contributed by atoms with Crippen LogP contribution >= 0.6 is 27.5 Å². The third-order valence-electron chi connectivity index (χ3n) is 25.0. The third-order valence-corrected chi connectivity index (χ3v) is 35.2. The maximum Gasteiger partial charge on any atom is 0.227 e. The van der Waals surface area contributed by atoms with Crippen molar-refractivity contribution >= 4 is 76.7 Å². The Morgan fingerprint density at radius 3 is 0.733 bits per heavy atom. The molecule has 0 aliphatic heterocycles. The molecule has 0 saturated carbocycles. The van der Waals surface area contributed by atoms with Crippen LogP contribution in [-0.4, -0.2) is 153 Å². The second-order valence-corrected chi connectivity index (χ2v) is 51.2. The van der Waals surface area contributed by atoms with E-state index in [0.29, 0.717) is 90.5 Å². The van der Waals surface area contributed by atoms with Crippen molar-refractivity contribution in [2.45, 2.75) is 270 Å². The molecular formula is C108H128BrClFN15O15S5. The van der Waals surface area contributed by atoms with Crippen LogP contribution in [0.15, 0.2) is 236 Å². The van der Waals surface area contributed by atoms with Crippen molar-refractivity contribution in [3.8, 4) is 57.2 Å².